The van der Waals surface area contributed by atoms with Gasteiger partial charge in [-0.25, -0.2) is 0 Å². The zero-order valence-electron chi connectivity index (χ0n) is 14.3. The number of likely N-dealkylation sites (tertiary alicyclic amines) is 2. The van der Waals surface area contributed by atoms with Gasteiger partial charge < -0.3 is 14.5 Å². The summed E-state index contributed by atoms with van der Waals surface area (Å²) < 4.78 is 5.86. The van der Waals surface area contributed by atoms with E-state index >= 15 is 0 Å². The van der Waals surface area contributed by atoms with Gasteiger partial charge in [0.1, 0.15) is 6.61 Å². The molecular formula is C17H29N3O3. The SMILES string of the molecule is CN1CC2(CCN(CC(=O)N3CCCCCC3)CC2)OCC1=O. The fourth-order valence-electron chi connectivity index (χ4n) is 3.92. The first-order chi connectivity index (χ1) is 11.1. The molecular weight excluding hydrogens is 294 g/mol. The van der Waals surface area contributed by atoms with Crippen molar-refractivity contribution in [1.29, 1.82) is 0 Å². The third kappa shape index (κ3) is 4.04. The normalized spacial score (nSPS) is 26.4. The van der Waals surface area contributed by atoms with Gasteiger partial charge in [-0.2, -0.15) is 0 Å². The van der Waals surface area contributed by atoms with Crippen molar-refractivity contribution in [3.05, 3.63) is 0 Å². The highest BCUT2D eigenvalue weighted by Crippen LogP contribution is 2.30. The summed E-state index contributed by atoms with van der Waals surface area (Å²) in [5.74, 6) is 0.342. The highest BCUT2D eigenvalue weighted by molar-refractivity contribution is 5.78. The maximum Gasteiger partial charge on any atom is 0.248 e. The molecule has 0 N–H and O–H groups in total. The van der Waals surface area contributed by atoms with Gasteiger partial charge in [0, 0.05) is 39.8 Å². The van der Waals surface area contributed by atoms with E-state index in [1.165, 1.54) is 12.8 Å². The number of carbonyl (C=O) groups is 2. The summed E-state index contributed by atoms with van der Waals surface area (Å²) in [5.41, 5.74) is -0.190. The average Bonchev–Trinajstić information content (AvgIpc) is 2.83. The largest absolute Gasteiger partial charge is 0.363 e. The van der Waals surface area contributed by atoms with Crippen LogP contribution in [-0.2, 0) is 14.3 Å². The van der Waals surface area contributed by atoms with Crippen molar-refractivity contribution in [2.75, 3.05) is 52.9 Å². The highest BCUT2D eigenvalue weighted by atomic mass is 16.5. The Labute approximate surface area is 138 Å². The molecule has 0 aromatic carbocycles. The van der Waals surface area contributed by atoms with Crippen LogP contribution in [0.3, 0.4) is 0 Å². The second kappa shape index (κ2) is 7.18. The number of nitrogens with zero attached hydrogens (tertiary/aromatic N) is 3. The zero-order valence-corrected chi connectivity index (χ0v) is 14.3. The van der Waals surface area contributed by atoms with E-state index in [9.17, 15) is 9.59 Å². The molecule has 3 heterocycles. The third-order valence-electron chi connectivity index (χ3n) is 5.54. The second-order valence-electron chi connectivity index (χ2n) is 7.29. The van der Waals surface area contributed by atoms with E-state index in [4.69, 9.17) is 4.74 Å². The average molecular weight is 323 g/mol. The van der Waals surface area contributed by atoms with Crippen LogP contribution in [0.1, 0.15) is 38.5 Å². The lowest BCUT2D eigenvalue weighted by Gasteiger charge is -2.46. The monoisotopic (exact) mass is 323 g/mol. The van der Waals surface area contributed by atoms with E-state index in [0.717, 1.165) is 51.9 Å². The van der Waals surface area contributed by atoms with Gasteiger partial charge in [-0.3, -0.25) is 14.5 Å². The Morgan fingerprint density at radius 2 is 1.74 bits per heavy atom. The number of rotatable bonds is 2. The molecule has 3 rings (SSSR count). The molecule has 3 aliphatic rings. The van der Waals surface area contributed by atoms with Gasteiger partial charge in [-0.05, 0) is 25.7 Å². The molecule has 0 radical (unpaired) electrons. The predicted octanol–water partition coefficient (Wildman–Crippen LogP) is 0.712. The fraction of sp³-hybridized carbons (Fsp3) is 0.882. The van der Waals surface area contributed by atoms with Crippen molar-refractivity contribution < 1.29 is 14.3 Å². The molecule has 0 aromatic heterocycles. The molecule has 23 heavy (non-hydrogen) atoms. The van der Waals surface area contributed by atoms with Crippen LogP contribution in [-0.4, -0.2) is 85.0 Å². The van der Waals surface area contributed by atoms with Crippen molar-refractivity contribution >= 4 is 11.8 Å². The van der Waals surface area contributed by atoms with E-state index in [-0.39, 0.29) is 24.0 Å². The Kier molecular flexibility index (Phi) is 5.21. The van der Waals surface area contributed by atoms with Crippen molar-refractivity contribution in [2.24, 2.45) is 0 Å². The number of hydrogen-bond donors (Lipinski definition) is 0. The quantitative estimate of drug-likeness (QED) is 0.751. The Hall–Kier alpha value is -1.14. The fourth-order valence-corrected chi connectivity index (χ4v) is 3.92. The van der Waals surface area contributed by atoms with Crippen molar-refractivity contribution in [1.82, 2.24) is 14.7 Å². The van der Waals surface area contributed by atoms with Gasteiger partial charge in [0.2, 0.25) is 11.8 Å². The van der Waals surface area contributed by atoms with Crippen LogP contribution in [0, 0.1) is 0 Å². The molecule has 1 spiro atoms. The van der Waals surface area contributed by atoms with Gasteiger partial charge >= 0.3 is 0 Å². The van der Waals surface area contributed by atoms with Crippen molar-refractivity contribution in [3.63, 3.8) is 0 Å². The molecule has 6 nitrogen and oxygen atoms in total. The minimum atomic E-state index is -0.190. The Balaban J connectivity index is 1.47. The molecule has 0 atom stereocenters. The number of carbonyl (C=O) groups excluding carboxylic acids is 2. The molecule has 0 aliphatic carbocycles. The molecule has 3 aliphatic heterocycles. The highest BCUT2D eigenvalue weighted by Gasteiger charge is 2.41. The lowest BCUT2D eigenvalue weighted by Crippen LogP contribution is -2.58. The Morgan fingerprint density at radius 3 is 2.35 bits per heavy atom. The minimum absolute atomic E-state index is 0.0643. The second-order valence-corrected chi connectivity index (χ2v) is 7.29. The molecule has 6 heteroatoms. The number of ether oxygens (including phenoxy) is 1. The molecule has 0 saturated carbocycles. The molecule has 2 amide bonds. The lowest BCUT2D eigenvalue weighted by molar-refractivity contribution is -0.169. The molecule has 3 fully saturated rings. The van der Waals surface area contributed by atoms with Gasteiger partial charge in [0.05, 0.1) is 12.1 Å². The number of amides is 2. The summed E-state index contributed by atoms with van der Waals surface area (Å²) in [6.07, 6.45) is 6.58. The number of morpholine rings is 1. The van der Waals surface area contributed by atoms with Gasteiger partial charge in [0.15, 0.2) is 0 Å². The van der Waals surface area contributed by atoms with Crippen LogP contribution >= 0.6 is 0 Å². The van der Waals surface area contributed by atoms with Crippen LogP contribution < -0.4 is 0 Å². The smallest absolute Gasteiger partial charge is 0.248 e. The standard InChI is InChI=1S/C17H29N3O3/c1-18-14-17(23-13-16(18)22)6-10-19(11-7-17)12-15(21)20-8-4-2-3-5-9-20/h2-14H2,1H3. The van der Waals surface area contributed by atoms with E-state index in [1.807, 2.05) is 11.9 Å². The Morgan fingerprint density at radius 1 is 1.09 bits per heavy atom. The maximum absolute atomic E-state index is 12.5. The minimum Gasteiger partial charge on any atom is -0.363 e. The molecule has 0 unspecified atom stereocenters. The first-order valence-electron chi connectivity index (χ1n) is 8.96. The molecule has 0 bridgehead atoms. The first kappa shape index (κ1) is 16.7. The number of hydrogen-bond acceptors (Lipinski definition) is 4. The molecule has 130 valence electrons. The van der Waals surface area contributed by atoms with Crippen molar-refractivity contribution in [3.8, 4) is 0 Å². The van der Waals surface area contributed by atoms with Gasteiger partial charge in [-0.1, -0.05) is 12.8 Å². The van der Waals surface area contributed by atoms with E-state index < -0.39 is 0 Å². The van der Waals surface area contributed by atoms with Crippen LogP contribution in [0.15, 0.2) is 0 Å². The van der Waals surface area contributed by atoms with E-state index in [2.05, 4.69) is 4.90 Å². The van der Waals surface area contributed by atoms with Gasteiger partial charge in [-0.15, -0.1) is 0 Å². The predicted molar refractivity (Wildman–Crippen MR) is 87.0 cm³/mol. The summed E-state index contributed by atoms with van der Waals surface area (Å²) >= 11 is 0. The topological polar surface area (TPSA) is 53.1 Å². The first-order valence-corrected chi connectivity index (χ1v) is 8.96. The lowest BCUT2D eigenvalue weighted by atomic mass is 9.89. The van der Waals surface area contributed by atoms with Crippen LogP contribution in [0.4, 0.5) is 0 Å². The maximum atomic E-state index is 12.5. The van der Waals surface area contributed by atoms with E-state index in [1.54, 1.807) is 4.90 Å². The summed E-state index contributed by atoms with van der Waals surface area (Å²) in [7, 11) is 1.85. The zero-order chi connectivity index (χ0) is 16.3. The molecule has 0 aromatic rings. The summed E-state index contributed by atoms with van der Waals surface area (Å²) in [5, 5.41) is 0. The molecule has 3 saturated heterocycles. The van der Waals surface area contributed by atoms with Crippen LogP contribution in [0.5, 0.6) is 0 Å². The van der Waals surface area contributed by atoms with Gasteiger partial charge in [0.25, 0.3) is 0 Å². The number of piperidine rings is 1. The Bertz CT molecular complexity index is 438. The van der Waals surface area contributed by atoms with Crippen molar-refractivity contribution in [2.45, 2.75) is 44.1 Å². The summed E-state index contributed by atoms with van der Waals surface area (Å²) in [6, 6.07) is 0. The number of likely N-dealkylation sites (N-methyl/N-ethyl adjacent to an activating group) is 1. The van der Waals surface area contributed by atoms with E-state index in [0.29, 0.717) is 13.1 Å². The summed E-state index contributed by atoms with van der Waals surface area (Å²) in [4.78, 5) is 30.1. The summed E-state index contributed by atoms with van der Waals surface area (Å²) in [6.45, 7) is 5.01. The van der Waals surface area contributed by atoms with Crippen LogP contribution in [0.25, 0.3) is 0 Å². The van der Waals surface area contributed by atoms with Crippen LogP contribution in [0.2, 0.25) is 0 Å². The third-order valence-corrected chi connectivity index (χ3v) is 5.54.